The summed E-state index contributed by atoms with van der Waals surface area (Å²) in [5.41, 5.74) is 1.65. The van der Waals surface area contributed by atoms with E-state index < -0.39 is 11.8 Å². The molecule has 0 aliphatic rings. The number of rotatable bonds is 6. The van der Waals surface area contributed by atoms with Gasteiger partial charge in [-0.1, -0.05) is 34.1 Å². The first-order chi connectivity index (χ1) is 13.8. The first kappa shape index (κ1) is 21.0. The molecule has 3 rings (SSSR count). The highest BCUT2D eigenvalue weighted by atomic mass is 79.9. The number of fused-ring (bicyclic) bond motifs is 1. The largest absolute Gasteiger partial charge is 0.493 e. The monoisotopic (exact) mass is 522 g/mol. The van der Waals surface area contributed by atoms with E-state index in [1.807, 2.05) is 19.1 Å². The second-order valence-corrected chi connectivity index (χ2v) is 7.83. The quantitative estimate of drug-likeness (QED) is 0.412. The van der Waals surface area contributed by atoms with Crippen LogP contribution in [0.2, 0.25) is 0 Å². The summed E-state index contributed by atoms with van der Waals surface area (Å²) in [5.74, 6) is -0.747. The Hall–Kier alpha value is -2.72. The molecule has 0 saturated heterocycles. The number of hydrogen-bond donors (Lipinski definition) is 3. The van der Waals surface area contributed by atoms with E-state index >= 15 is 0 Å². The standard InChI is InChI=1S/C19H16Br2N4O4/c1-10-4-2-3-5-14(10)29-9-16(27)22-8-15(26)24-25-18-12-6-11(20)7-13(21)17(12)23-19(18)28/h2-7,23,28H,8-9H2,1H3,(H,22,27). The van der Waals surface area contributed by atoms with Gasteiger partial charge in [-0.3, -0.25) is 9.59 Å². The van der Waals surface area contributed by atoms with E-state index in [2.05, 4.69) is 52.4 Å². The third-order valence-electron chi connectivity index (χ3n) is 3.93. The maximum absolute atomic E-state index is 11.9. The number of carbonyl (C=O) groups excluding carboxylic acids is 2. The van der Waals surface area contributed by atoms with Gasteiger partial charge in [0, 0.05) is 14.3 Å². The number of halogens is 2. The molecular formula is C19H16Br2N4O4. The van der Waals surface area contributed by atoms with Gasteiger partial charge in [-0.2, -0.15) is 0 Å². The van der Waals surface area contributed by atoms with Crippen LogP contribution in [0.5, 0.6) is 11.6 Å². The van der Waals surface area contributed by atoms with Gasteiger partial charge in [0.25, 0.3) is 11.8 Å². The number of hydrogen-bond acceptors (Lipinski definition) is 5. The van der Waals surface area contributed by atoms with E-state index in [0.717, 1.165) is 10.0 Å². The minimum Gasteiger partial charge on any atom is -0.493 e. The number of aromatic hydroxyl groups is 1. The molecule has 29 heavy (non-hydrogen) atoms. The highest BCUT2D eigenvalue weighted by molar-refractivity contribution is 9.11. The van der Waals surface area contributed by atoms with Gasteiger partial charge in [0.15, 0.2) is 12.3 Å². The second kappa shape index (κ2) is 9.19. The lowest BCUT2D eigenvalue weighted by molar-refractivity contribution is -0.126. The molecule has 0 radical (unpaired) electrons. The van der Waals surface area contributed by atoms with Crippen molar-refractivity contribution in [1.82, 2.24) is 10.3 Å². The summed E-state index contributed by atoms with van der Waals surface area (Å²) in [5, 5.41) is 20.4. The Morgan fingerprint density at radius 3 is 2.76 bits per heavy atom. The number of aryl methyl sites for hydroxylation is 1. The van der Waals surface area contributed by atoms with E-state index in [-0.39, 0.29) is 24.7 Å². The molecule has 0 spiro atoms. The van der Waals surface area contributed by atoms with E-state index in [1.165, 1.54) is 0 Å². The van der Waals surface area contributed by atoms with Gasteiger partial charge in [0.1, 0.15) is 12.3 Å². The number of benzene rings is 2. The average Bonchev–Trinajstić information content (AvgIpc) is 2.99. The van der Waals surface area contributed by atoms with Crippen molar-refractivity contribution in [2.75, 3.05) is 13.2 Å². The third-order valence-corrected chi connectivity index (χ3v) is 5.01. The first-order valence-electron chi connectivity index (χ1n) is 8.44. The molecule has 3 aromatic rings. The number of amides is 2. The topological polar surface area (TPSA) is 116 Å². The third kappa shape index (κ3) is 5.21. The van der Waals surface area contributed by atoms with Crippen LogP contribution in [-0.2, 0) is 9.59 Å². The smallest absolute Gasteiger partial charge is 0.283 e. The van der Waals surface area contributed by atoms with Gasteiger partial charge in [-0.05, 0) is 46.6 Å². The molecule has 2 amide bonds. The van der Waals surface area contributed by atoms with Crippen LogP contribution < -0.4 is 10.1 Å². The van der Waals surface area contributed by atoms with E-state index in [4.69, 9.17) is 4.74 Å². The zero-order valence-electron chi connectivity index (χ0n) is 15.2. The Balaban J connectivity index is 1.58. The fraction of sp³-hybridized carbons (Fsp3) is 0.158. The number of nitrogens with zero attached hydrogens (tertiary/aromatic N) is 2. The minimum absolute atomic E-state index is 0.129. The molecular weight excluding hydrogens is 508 g/mol. The number of para-hydroxylation sites is 1. The molecule has 0 aliphatic heterocycles. The lowest BCUT2D eigenvalue weighted by atomic mass is 10.2. The van der Waals surface area contributed by atoms with Crippen molar-refractivity contribution in [3.8, 4) is 11.6 Å². The van der Waals surface area contributed by atoms with E-state index in [0.29, 0.717) is 21.1 Å². The van der Waals surface area contributed by atoms with Crippen molar-refractivity contribution in [2.45, 2.75) is 6.92 Å². The van der Waals surface area contributed by atoms with Crippen LogP contribution in [0.15, 0.2) is 55.6 Å². The van der Waals surface area contributed by atoms with Crippen molar-refractivity contribution < 1.29 is 19.4 Å². The molecule has 1 aromatic heterocycles. The molecule has 0 unspecified atom stereocenters. The van der Waals surface area contributed by atoms with Crippen LogP contribution in [0.25, 0.3) is 10.9 Å². The van der Waals surface area contributed by atoms with Gasteiger partial charge in [-0.15, -0.1) is 10.2 Å². The summed E-state index contributed by atoms with van der Waals surface area (Å²) < 4.78 is 6.89. The van der Waals surface area contributed by atoms with E-state index in [9.17, 15) is 14.7 Å². The summed E-state index contributed by atoms with van der Waals surface area (Å²) in [6.45, 7) is 1.31. The lowest BCUT2D eigenvalue weighted by Gasteiger charge is -2.08. The Morgan fingerprint density at radius 2 is 2.00 bits per heavy atom. The molecule has 150 valence electrons. The summed E-state index contributed by atoms with van der Waals surface area (Å²) in [4.78, 5) is 26.5. The Bertz CT molecular complexity index is 1110. The number of carbonyl (C=O) groups is 2. The molecule has 1 heterocycles. The first-order valence-corrected chi connectivity index (χ1v) is 10.0. The molecule has 0 saturated carbocycles. The molecule has 0 aliphatic carbocycles. The van der Waals surface area contributed by atoms with Gasteiger partial charge in [0.2, 0.25) is 5.88 Å². The molecule has 8 nitrogen and oxygen atoms in total. The van der Waals surface area contributed by atoms with Crippen LogP contribution in [0.1, 0.15) is 5.56 Å². The lowest BCUT2D eigenvalue weighted by Crippen LogP contribution is -2.32. The average molecular weight is 524 g/mol. The van der Waals surface area contributed by atoms with Gasteiger partial charge >= 0.3 is 0 Å². The molecule has 2 aromatic carbocycles. The SMILES string of the molecule is Cc1ccccc1OCC(=O)NCC(=O)N=Nc1c(O)[nH]c2c(Br)cc(Br)cc12. The fourth-order valence-electron chi connectivity index (χ4n) is 2.52. The highest BCUT2D eigenvalue weighted by Gasteiger charge is 2.14. The summed E-state index contributed by atoms with van der Waals surface area (Å²) in [6.07, 6.45) is 0. The minimum atomic E-state index is -0.669. The molecule has 0 bridgehead atoms. The maximum atomic E-state index is 11.9. The predicted molar refractivity (Wildman–Crippen MR) is 115 cm³/mol. The van der Waals surface area contributed by atoms with E-state index in [1.54, 1.807) is 24.3 Å². The van der Waals surface area contributed by atoms with Crippen LogP contribution in [0.4, 0.5) is 5.69 Å². The summed E-state index contributed by atoms with van der Waals surface area (Å²) >= 11 is 6.74. The zero-order chi connectivity index (χ0) is 21.0. The van der Waals surface area contributed by atoms with Gasteiger partial charge in [-0.25, -0.2) is 0 Å². The number of aromatic amines is 1. The normalized spacial score (nSPS) is 11.1. The van der Waals surface area contributed by atoms with Crippen molar-refractivity contribution in [2.24, 2.45) is 10.2 Å². The molecule has 0 atom stereocenters. The maximum Gasteiger partial charge on any atom is 0.283 e. The molecule has 0 fully saturated rings. The summed E-state index contributed by atoms with van der Waals surface area (Å²) in [6, 6.07) is 10.8. The van der Waals surface area contributed by atoms with Crippen LogP contribution in [-0.4, -0.2) is 35.1 Å². The Kier molecular flexibility index (Phi) is 6.65. The predicted octanol–water partition coefficient (Wildman–Crippen LogP) is 4.51. The number of azo groups is 1. The number of H-pyrrole nitrogens is 1. The number of nitrogens with one attached hydrogen (secondary N) is 2. The summed E-state index contributed by atoms with van der Waals surface area (Å²) in [7, 11) is 0. The molecule has 10 heteroatoms. The van der Waals surface area contributed by atoms with Crippen LogP contribution in [0.3, 0.4) is 0 Å². The van der Waals surface area contributed by atoms with Crippen LogP contribution >= 0.6 is 31.9 Å². The van der Waals surface area contributed by atoms with Crippen molar-refractivity contribution >= 4 is 60.3 Å². The number of aromatic nitrogens is 1. The van der Waals surface area contributed by atoms with Crippen molar-refractivity contribution in [3.05, 3.63) is 50.9 Å². The van der Waals surface area contributed by atoms with Crippen LogP contribution in [0, 0.1) is 6.92 Å². The molecule has 3 N–H and O–H groups in total. The second-order valence-electron chi connectivity index (χ2n) is 6.06. The van der Waals surface area contributed by atoms with Crippen molar-refractivity contribution in [3.63, 3.8) is 0 Å². The number of ether oxygens (including phenoxy) is 1. The highest BCUT2D eigenvalue weighted by Crippen LogP contribution is 2.40. The van der Waals surface area contributed by atoms with Gasteiger partial charge in [0.05, 0.1) is 5.52 Å². The van der Waals surface area contributed by atoms with Crippen molar-refractivity contribution in [1.29, 1.82) is 0 Å². The fourth-order valence-corrected chi connectivity index (χ4v) is 3.85. The Labute approximate surface area is 182 Å². The van der Waals surface area contributed by atoms with Gasteiger partial charge < -0.3 is 20.1 Å². The zero-order valence-corrected chi connectivity index (χ0v) is 18.4. The Morgan fingerprint density at radius 1 is 1.24 bits per heavy atom.